The van der Waals surface area contributed by atoms with Gasteiger partial charge in [0.05, 0.1) is 22.3 Å². The molecule has 0 aliphatic heterocycles. The Hall–Kier alpha value is -6.92. The number of benzene rings is 4. The Balaban J connectivity index is 1.21. The maximum atomic E-state index is 11.9. The molecule has 16 nitrogen and oxygen atoms in total. The Kier molecular flexibility index (Phi) is 19.6. The minimum absolute atomic E-state index is 0.0284. The fraction of sp³-hybridized carbons (Fsp3) is 0.296. The summed E-state index contributed by atoms with van der Waals surface area (Å²) in [5, 5.41) is 45.9. The zero-order valence-electron chi connectivity index (χ0n) is 40.7. The molecule has 0 fully saturated rings. The molecule has 72 heavy (non-hydrogen) atoms. The maximum Gasteiger partial charge on any atom is 0.323 e. The highest BCUT2D eigenvalue weighted by Crippen LogP contribution is 2.37. The van der Waals surface area contributed by atoms with Crippen molar-refractivity contribution >= 4 is 47.6 Å². The number of aliphatic imine (C=N–C) groups is 2. The molecule has 0 spiro atoms. The summed E-state index contributed by atoms with van der Waals surface area (Å²) in [6.45, 7) is 7.48. The van der Waals surface area contributed by atoms with Crippen molar-refractivity contribution in [1.82, 2.24) is 20.6 Å². The van der Waals surface area contributed by atoms with Crippen LogP contribution in [0.25, 0.3) is 11.1 Å². The molecule has 0 aliphatic carbocycles. The second-order valence-corrected chi connectivity index (χ2v) is 17.8. The summed E-state index contributed by atoms with van der Waals surface area (Å²) in [6.07, 6.45) is 7.78. The van der Waals surface area contributed by atoms with Gasteiger partial charge in [-0.25, -0.2) is 0 Å². The number of nitrogens with one attached hydrogen (secondary N) is 2. The lowest BCUT2D eigenvalue weighted by atomic mass is 9.92. The molecular weight excluding hydrogens is 964 g/mol. The molecule has 4 aromatic carbocycles. The average molecular weight is 1020 g/mol. The number of nitrogens with zero attached hydrogens (tertiary/aromatic N) is 4. The number of hydrogen-bond acceptors (Lipinski definition) is 14. The molecular formula is C54H58Cl2N6O10. The Morgan fingerprint density at radius 2 is 0.972 bits per heavy atom. The third kappa shape index (κ3) is 14.6. The zero-order chi connectivity index (χ0) is 51.9. The van der Waals surface area contributed by atoms with Gasteiger partial charge in [-0.3, -0.25) is 40.2 Å². The number of pyridine rings is 2. The van der Waals surface area contributed by atoms with Gasteiger partial charge >= 0.3 is 11.9 Å². The number of aliphatic hydroxyl groups is 2. The van der Waals surface area contributed by atoms with Crippen molar-refractivity contribution < 1.29 is 49.0 Å². The Labute approximate surface area is 428 Å². The second kappa shape index (κ2) is 26.0. The molecule has 2 heterocycles. The van der Waals surface area contributed by atoms with Crippen LogP contribution in [0, 0.1) is 13.8 Å². The number of hydrogen-bond donors (Lipinski definition) is 6. The Morgan fingerprint density at radius 3 is 1.33 bits per heavy atom. The molecule has 0 saturated carbocycles. The van der Waals surface area contributed by atoms with Gasteiger partial charge in [-0.2, -0.15) is 0 Å². The fourth-order valence-corrected chi connectivity index (χ4v) is 8.28. The monoisotopic (exact) mass is 1020 g/mol. The number of ether oxygens (including phenoxy) is 4. The van der Waals surface area contributed by atoms with Crippen molar-refractivity contribution in [2.75, 3.05) is 14.1 Å². The molecule has 4 atom stereocenters. The first-order valence-corrected chi connectivity index (χ1v) is 23.7. The summed E-state index contributed by atoms with van der Waals surface area (Å²) in [4.78, 5) is 40.4. The molecule has 378 valence electrons. The van der Waals surface area contributed by atoms with E-state index < -0.39 is 36.2 Å². The molecule has 0 unspecified atom stereocenters. The van der Waals surface area contributed by atoms with Crippen LogP contribution in [0.5, 0.6) is 23.0 Å². The van der Waals surface area contributed by atoms with Crippen LogP contribution >= 0.6 is 23.2 Å². The number of aliphatic carboxylic acids is 2. The lowest BCUT2D eigenvalue weighted by Gasteiger charge is -2.20. The predicted molar refractivity (Wildman–Crippen MR) is 277 cm³/mol. The van der Waals surface area contributed by atoms with Gasteiger partial charge in [0, 0.05) is 110 Å². The Morgan fingerprint density at radius 1 is 0.583 bits per heavy atom. The van der Waals surface area contributed by atoms with Crippen LogP contribution < -0.4 is 29.6 Å². The van der Waals surface area contributed by atoms with Crippen molar-refractivity contribution in [2.45, 2.75) is 91.5 Å². The predicted octanol–water partition coefficient (Wildman–Crippen LogP) is 8.33. The van der Waals surface area contributed by atoms with Gasteiger partial charge < -0.3 is 39.4 Å². The van der Waals surface area contributed by atoms with Crippen molar-refractivity contribution in [1.29, 1.82) is 0 Å². The quantitative estimate of drug-likeness (QED) is 0.0297. The van der Waals surface area contributed by atoms with Gasteiger partial charge in [-0.15, -0.1) is 0 Å². The molecule has 18 heteroatoms. The first-order valence-electron chi connectivity index (χ1n) is 22.9. The minimum atomic E-state index is -1.23. The van der Waals surface area contributed by atoms with Crippen LogP contribution in [-0.4, -0.2) is 93.1 Å². The van der Waals surface area contributed by atoms with Crippen LogP contribution in [0.4, 0.5) is 0 Å². The third-order valence-electron chi connectivity index (χ3n) is 11.7. The maximum absolute atomic E-state index is 11.9. The summed E-state index contributed by atoms with van der Waals surface area (Å²) >= 11 is 13.7. The van der Waals surface area contributed by atoms with Gasteiger partial charge in [0.2, 0.25) is 0 Å². The van der Waals surface area contributed by atoms with E-state index in [1.165, 1.54) is 13.8 Å². The topological polar surface area (TPSA) is 227 Å². The molecule has 6 rings (SSSR count). The van der Waals surface area contributed by atoms with E-state index in [2.05, 4.69) is 30.6 Å². The van der Waals surface area contributed by atoms with E-state index in [1.807, 2.05) is 62.4 Å². The molecule has 6 N–H and O–H groups in total. The zero-order valence-corrected chi connectivity index (χ0v) is 42.2. The van der Waals surface area contributed by atoms with Crippen LogP contribution in [-0.2, 0) is 49.1 Å². The van der Waals surface area contributed by atoms with Crippen molar-refractivity contribution in [2.24, 2.45) is 9.98 Å². The molecule has 2 aromatic heterocycles. The Bertz CT molecular complexity index is 2720. The lowest BCUT2D eigenvalue weighted by Crippen LogP contribution is -2.44. The number of carboxylic acids is 2. The van der Waals surface area contributed by atoms with E-state index in [0.29, 0.717) is 34.1 Å². The van der Waals surface area contributed by atoms with E-state index in [4.69, 9.17) is 42.1 Å². The SMILES string of the molecule is CN=Cc1cncc(COc2cc(OCc3cccc(-c4cccc(COc5cc(OCc6cncc(C=NC)c6)c(CN[C@@H](C(=O)O)[C@H](C)O)cc5Cl)c4C)c3C)c(Cl)cc2CN[C@@H](C(=O)O)[C@H](C)O)c1. The van der Waals surface area contributed by atoms with Crippen molar-refractivity contribution in [3.05, 3.63) is 163 Å². The van der Waals surface area contributed by atoms with Crippen molar-refractivity contribution in [3.63, 3.8) is 0 Å². The fourth-order valence-electron chi connectivity index (χ4n) is 7.80. The van der Waals surface area contributed by atoms with E-state index in [1.54, 1.807) is 75.6 Å². The summed E-state index contributed by atoms with van der Waals surface area (Å²) in [7, 11) is 3.34. The minimum Gasteiger partial charge on any atom is -0.488 e. The molecule has 0 amide bonds. The molecule has 0 bridgehead atoms. The summed E-state index contributed by atoms with van der Waals surface area (Å²) in [5.74, 6) is -0.915. The van der Waals surface area contributed by atoms with Crippen LogP contribution in [0.15, 0.2) is 108 Å². The van der Waals surface area contributed by atoms with Gasteiger partial charge in [0.1, 0.15) is 61.5 Å². The number of carbonyl (C=O) groups is 2. The van der Waals surface area contributed by atoms with Crippen LogP contribution in [0.2, 0.25) is 10.0 Å². The van der Waals surface area contributed by atoms with E-state index in [9.17, 15) is 30.0 Å². The standard InChI is InChI=1S/C54H58Cl2N6O10/c1-31-39(29-71-49-17-47(69-27-37-13-35(19-57-5)21-59-23-37)41(15-45(49)55)25-61-51(33(3)63)53(65)66)9-7-11-43(31)44-12-8-10-40(32(44)2)30-72-50-18-48(70-28-38-14-36(20-58-6)22-60-24-38)42(16-46(50)56)26-62-52(34(4)64)54(67)68/h7-24,33-34,51-52,61-64H,25-30H2,1-6H3,(H,65,66)(H,67,68)/t33-,34-,51+,52+/m0/s1. The smallest absolute Gasteiger partial charge is 0.323 e. The number of aromatic nitrogens is 2. The molecule has 0 aliphatic rings. The van der Waals surface area contributed by atoms with E-state index in [-0.39, 0.29) is 49.6 Å². The first kappa shape index (κ1) is 54.4. The van der Waals surface area contributed by atoms with E-state index >= 15 is 0 Å². The molecule has 0 saturated heterocycles. The second-order valence-electron chi connectivity index (χ2n) is 17.0. The average Bonchev–Trinajstić information content (AvgIpc) is 3.33. The van der Waals surface area contributed by atoms with Gasteiger partial charge in [-0.1, -0.05) is 59.6 Å². The summed E-state index contributed by atoms with van der Waals surface area (Å²) in [5.41, 5.74) is 9.98. The van der Waals surface area contributed by atoms with Crippen LogP contribution in [0.3, 0.4) is 0 Å². The summed E-state index contributed by atoms with van der Waals surface area (Å²) in [6, 6.07) is 20.0. The molecule has 0 radical (unpaired) electrons. The number of carboxylic acid groups (broad SMARTS) is 2. The van der Waals surface area contributed by atoms with E-state index in [0.717, 1.165) is 55.6 Å². The van der Waals surface area contributed by atoms with Crippen LogP contribution in [0.1, 0.15) is 69.5 Å². The highest BCUT2D eigenvalue weighted by Gasteiger charge is 2.25. The molecule has 6 aromatic rings. The van der Waals surface area contributed by atoms with Gasteiger partial charge in [0.25, 0.3) is 0 Å². The summed E-state index contributed by atoms with van der Waals surface area (Å²) < 4.78 is 25.3. The number of halogens is 2. The van der Waals surface area contributed by atoms with Gasteiger partial charge in [-0.05, 0) is 85.3 Å². The van der Waals surface area contributed by atoms with Crippen molar-refractivity contribution in [3.8, 4) is 34.1 Å². The largest absolute Gasteiger partial charge is 0.488 e. The highest BCUT2D eigenvalue weighted by atomic mass is 35.5. The lowest BCUT2D eigenvalue weighted by molar-refractivity contribution is -0.143. The van der Waals surface area contributed by atoms with Gasteiger partial charge in [0.15, 0.2) is 0 Å². The normalized spacial score (nSPS) is 13.2. The third-order valence-corrected chi connectivity index (χ3v) is 12.3. The number of aliphatic hydroxyl groups excluding tert-OH is 2. The first-order chi connectivity index (χ1) is 34.6. The highest BCUT2D eigenvalue weighted by molar-refractivity contribution is 6.32. The number of rotatable bonds is 25.